The highest BCUT2D eigenvalue weighted by Gasteiger charge is 2.29. The summed E-state index contributed by atoms with van der Waals surface area (Å²) in [4.78, 5) is 0. The van der Waals surface area contributed by atoms with Gasteiger partial charge >= 0.3 is 0 Å². The summed E-state index contributed by atoms with van der Waals surface area (Å²) in [5, 5.41) is 0. The molecule has 2 N–H and O–H groups in total. The predicted molar refractivity (Wildman–Crippen MR) is 51.1 cm³/mol. The molecule has 1 unspecified atom stereocenters. The minimum absolute atomic E-state index is 0.00340. The molecule has 1 aliphatic rings. The summed E-state index contributed by atoms with van der Waals surface area (Å²) in [6.07, 6.45) is 6.29. The van der Waals surface area contributed by atoms with Crippen LogP contribution in [0.3, 0.4) is 0 Å². The van der Waals surface area contributed by atoms with Crippen LogP contribution in [0.25, 0.3) is 0 Å². The van der Waals surface area contributed by atoms with Crippen LogP contribution in [0.5, 0.6) is 0 Å². The second-order valence-corrected chi connectivity index (χ2v) is 4.10. The van der Waals surface area contributed by atoms with Gasteiger partial charge in [0.25, 0.3) is 0 Å². The van der Waals surface area contributed by atoms with Gasteiger partial charge in [0.15, 0.2) is 0 Å². The van der Waals surface area contributed by atoms with Crippen molar-refractivity contribution in [1.82, 2.24) is 0 Å². The van der Waals surface area contributed by atoms with Gasteiger partial charge in [-0.25, -0.2) is 0 Å². The molecule has 12 heavy (non-hydrogen) atoms. The van der Waals surface area contributed by atoms with Crippen molar-refractivity contribution in [2.24, 2.45) is 5.73 Å². The minimum atomic E-state index is 0.00340. The van der Waals surface area contributed by atoms with E-state index >= 15 is 0 Å². The molecule has 1 aliphatic carbocycles. The Bertz CT molecular complexity index is 130. The van der Waals surface area contributed by atoms with E-state index in [2.05, 4.69) is 13.8 Å². The Morgan fingerprint density at radius 1 is 1.42 bits per heavy atom. The summed E-state index contributed by atoms with van der Waals surface area (Å²) in [7, 11) is 0. The van der Waals surface area contributed by atoms with Crippen LogP contribution in [0.15, 0.2) is 0 Å². The highest BCUT2D eigenvalue weighted by molar-refractivity contribution is 4.89. The maximum atomic E-state index is 6.14. The molecule has 1 atom stereocenters. The smallest absolute Gasteiger partial charge is 0.0649 e. The Morgan fingerprint density at radius 2 is 2.00 bits per heavy atom. The average molecular weight is 171 g/mol. The molecule has 0 aliphatic heterocycles. The molecule has 0 amide bonds. The molecule has 0 spiro atoms. The Morgan fingerprint density at radius 3 is 2.50 bits per heavy atom. The van der Waals surface area contributed by atoms with Crippen molar-refractivity contribution in [3.8, 4) is 0 Å². The maximum Gasteiger partial charge on any atom is 0.0649 e. The standard InChI is InChI=1S/C10H21NO/c1-3-9(2)12-8-10(11)6-4-5-7-10/h9H,3-8,11H2,1-2H3. The normalized spacial score (nSPS) is 24.2. The van der Waals surface area contributed by atoms with E-state index in [1.165, 1.54) is 12.8 Å². The zero-order valence-electron chi connectivity index (χ0n) is 8.31. The molecule has 1 saturated carbocycles. The minimum Gasteiger partial charge on any atom is -0.377 e. The number of nitrogens with two attached hydrogens (primary N) is 1. The first-order chi connectivity index (χ1) is 5.66. The second-order valence-electron chi connectivity index (χ2n) is 4.10. The van der Waals surface area contributed by atoms with Crippen LogP contribution in [0.1, 0.15) is 46.0 Å². The summed E-state index contributed by atoms with van der Waals surface area (Å²) in [6, 6.07) is 0. The van der Waals surface area contributed by atoms with E-state index in [4.69, 9.17) is 10.5 Å². The van der Waals surface area contributed by atoms with Crippen molar-refractivity contribution in [3.05, 3.63) is 0 Å². The fourth-order valence-corrected chi connectivity index (χ4v) is 1.65. The van der Waals surface area contributed by atoms with Gasteiger partial charge in [-0.3, -0.25) is 0 Å². The van der Waals surface area contributed by atoms with Crippen LogP contribution in [-0.4, -0.2) is 18.2 Å². The SMILES string of the molecule is CCC(C)OCC1(N)CCCC1. The first kappa shape index (κ1) is 10.0. The van der Waals surface area contributed by atoms with Crippen LogP contribution in [0, 0.1) is 0 Å². The van der Waals surface area contributed by atoms with Gasteiger partial charge < -0.3 is 10.5 Å². The van der Waals surface area contributed by atoms with Gasteiger partial charge in [-0.05, 0) is 26.2 Å². The van der Waals surface area contributed by atoms with Crippen LogP contribution in [0.4, 0.5) is 0 Å². The van der Waals surface area contributed by atoms with E-state index in [1.54, 1.807) is 0 Å². The average Bonchev–Trinajstić information content (AvgIpc) is 2.49. The Kier molecular flexibility index (Phi) is 3.53. The quantitative estimate of drug-likeness (QED) is 0.702. The number of hydrogen-bond donors (Lipinski definition) is 1. The first-order valence-corrected chi connectivity index (χ1v) is 5.07. The Balaban J connectivity index is 2.21. The fraction of sp³-hybridized carbons (Fsp3) is 1.00. The van der Waals surface area contributed by atoms with E-state index in [-0.39, 0.29) is 5.54 Å². The topological polar surface area (TPSA) is 35.2 Å². The van der Waals surface area contributed by atoms with Crippen molar-refractivity contribution < 1.29 is 4.74 Å². The number of ether oxygens (including phenoxy) is 1. The third-order valence-electron chi connectivity index (χ3n) is 2.83. The Labute approximate surface area is 75.5 Å². The molecule has 72 valence electrons. The molecule has 2 nitrogen and oxygen atoms in total. The lowest BCUT2D eigenvalue weighted by Gasteiger charge is -2.25. The van der Waals surface area contributed by atoms with Gasteiger partial charge in [0.1, 0.15) is 0 Å². The molecule has 2 heteroatoms. The summed E-state index contributed by atoms with van der Waals surface area (Å²) in [5.41, 5.74) is 6.14. The molecule has 1 fully saturated rings. The van der Waals surface area contributed by atoms with E-state index in [0.29, 0.717) is 6.10 Å². The maximum absolute atomic E-state index is 6.14. The van der Waals surface area contributed by atoms with Gasteiger partial charge in [0.05, 0.1) is 12.7 Å². The molecular formula is C10H21NO. The Hall–Kier alpha value is -0.0800. The fourth-order valence-electron chi connectivity index (χ4n) is 1.65. The van der Waals surface area contributed by atoms with Gasteiger partial charge in [-0.15, -0.1) is 0 Å². The van der Waals surface area contributed by atoms with Crippen LogP contribution >= 0.6 is 0 Å². The van der Waals surface area contributed by atoms with Crippen molar-refractivity contribution in [2.75, 3.05) is 6.61 Å². The molecular weight excluding hydrogens is 150 g/mol. The van der Waals surface area contributed by atoms with Crippen molar-refractivity contribution >= 4 is 0 Å². The highest BCUT2D eigenvalue weighted by atomic mass is 16.5. The molecule has 0 aromatic carbocycles. The van der Waals surface area contributed by atoms with Gasteiger partial charge in [-0.2, -0.15) is 0 Å². The van der Waals surface area contributed by atoms with Crippen LogP contribution in [-0.2, 0) is 4.74 Å². The summed E-state index contributed by atoms with van der Waals surface area (Å²) < 4.78 is 5.65. The van der Waals surface area contributed by atoms with Gasteiger partial charge in [0, 0.05) is 5.54 Å². The zero-order chi connectivity index (χ0) is 9.03. The van der Waals surface area contributed by atoms with Crippen molar-refractivity contribution in [3.63, 3.8) is 0 Å². The van der Waals surface area contributed by atoms with E-state index in [1.807, 2.05) is 0 Å². The van der Waals surface area contributed by atoms with Crippen LogP contribution < -0.4 is 5.73 Å². The lowest BCUT2D eigenvalue weighted by molar-refractivity contribution is 0.0295. The first-order valence-electron chi connectivity index (χ1n) is 5.07. The number of hydrogen-bond acceptors (Lipinski definition) is 2. The monoisotopic (exact) mass is 171 g/mol. The third-order valence-corrected chi connectivity index (χ3v) is 2.83. The number of rotatable bonds is 4. The molecule has 0 aromatic rings. The summed E-state index contributed by atoms with van der Waals surface area (Å²) >= 11 is 0. The van der Waals surface area contributed by atoms with Crippen molar-refractivity contribution in [1.29, 1.82) is 0 Å². The highest BCUT2D eigenvalue weighted by Crippen LogP contribution is 2.27. The molecule has 0 aromatic heterocycles. The lowest BCUT2D eigenvalue weighted by atomic mass is 10.0. The van der Waals surface area contributed by atoms with E-state index in [0.717, 1.165) is 25.9 Å². The van der Waals surface area contributed by atoms with Crippen molar-refractivity contribution in [2.45, 2.75) is 57.6 Å². The molecule has 0 saturated heterocycles. The van der Waals surface area contributed by atoms with Gasteiger partial charge in [0.2, 0.25) is 0 Å². The molecule has 0 bridgehead atoms. The van der Waals surface area contributed by atoms with Gasteiger partial charge in [-0.1, -0.05) is 19.8 Å². The molecule has 1 rings (SSSR count). The second kappa shape index (κ2) is 4.24. The summed E-state index contributed by atoms with van der Waals surface area (Å²) in [6.45, 7) is 5.00. The van der Waals surface area contributed by atoms with E-state index < -0.39 is 0 Å². The third kappa shape index (κ3) is 2.76. The largest absolute Gasteiger partial charge is 0.377 e. The molecule has 0 heterocycles. The summed E-state index contributed by atoms with van der Waals surface area (Å²) in [5.74, 6) is 0. The zero-order valence-corrected chi connectivity index (χ0v) is 8.31. The predicted octanol–water partition coefficient (Wildman–Crippen LogP) is 2.07. The molecule has 0 radical (unpaired) electrons. The van der Waals surface area contributed by atoms with Crippen LogP contribution in [0.2, 0.25) is 0 Å². The lowest BCUT2D eigenvalue weighted by Crippen LogP contribution is -2.42. The van der Waals surface area contributed by atoms with E-state index in [9.17, 15) is 0 Å².